The second kappa shape index (κ2) is 9.19. The molecular formula is C20H23F3N6O2. The third-order valence-electron chi connectivity index (χ3n) is 5.08. The van der Waals surface area contributed by atoms with Crippen molar-refractivity contribution in [1.82, 2.24) is 19.9 Å². The number of hydrogen-bond donors (Lipinski definition) is 2. The monoisotopic (exact) mass is 436 g/mol. The van der Waals surface area contributed by atoms with Crippen LogP contribution in [0.25, 0.3) is 11.0 Å². The second-order valence-electron chi connectivity index (χ2n) is 7.09. The van der Waals surface area contributed by atoms with Gasteiger partial charge in [0, 0.05) is 50.0 Å². The van der Waals surface area contributed by atoms with E-state index in [1.807, 2.05) is 12.4 Å². The Morgan fingerprint density at radius 1 is 1.26 bits per heavy atom. The normalized spacial score (nSPS) is 16.7. The fourth-order valence-corrected chi connectivity index (χ4v) is 3.60. The van der Waals surface area contributed by atoms with Crippen molar-refractivity contribution in [3.63, 3.8) is 0 Å². The van der Waals surface area contributed by atoms with Crippen molar-refractivity contribution in [2.45, 2.75) is 32.5 Å². The third-order valence-corrected chi connectivity index (χ3v) is 5.08. The van der Waals surface area contributed by atoms with E-state index < -0.39 is 12.1 Å². The molecule has 1 fully saturated rings. The van der Waals surface area contributed by atoms with Crippen LogP contribution in [0.15, 0.2) is 37.1 Å². The number of carbonyl (C=O) groups is 1. The summed E-state index contributed by atoms with van der Waals surface area (Å²) < 4.78 is 31.7. The molecule has 3 aromatic rings. The number of carboxylic acids is 1. The first-order chi connectivity index (χ1) is 14.7. The molecule has 166 valence electrons. The number of nitrogens with one attached hydrogen (secondary N) is 1. The van der Waals surface area contributed by atoms with Gasteiger partial charge in [-0.15, -0.1) is 0 Å². The minimum atomic E-state index is -5.08. The maximum absolute atomic E-state index is 10.6. The van der Waals surface area contributed by atoms with Gasteiger partial charge in [-0.05, 0) is 31.0 Å². The molecule has 31 heavy (non-hydrogen) atoms. The maximum atomic E-state index is 10.6. The van der Waals surface area contributed by atoms with Crippen LogP contribution in [-0.4, -0.2) is 62.9 Å². The molecule has 11 heteroatoms. The Kier molecular flexibility index (Phi) is 6.62. The van der Waals surface area contributed by atoms with E-state index in [1.165, 1.54) is 16.6 Å². The number of carboxylic acid groups (broad SMARTS) is 1. The number of fused-ring (bicyclic) bond motifs is 1. The predicted molar refractivity (Wildman–Crippen MR) is 110 cm³/mol. The number of anilines is 2. The first kappa shape index (κ1) is 22.3. The number of pyridine rings is 1. The van der Waals surface area contributed by atoms with Crippen LogP contribution in [0.3, 0.4) is 0 Å². The summed E-state index contributed by atoms with van der Waals surface area (Å²) in [5.74, 6) is -1.70. The van der Waals surface area contributed by atoms with Crippen LogP contribution in [0.1, 0.15) is 19.4 Å². The Morgan fingerprint density at radius 2 is 1.94 bits per heavy atom. The molecule has 1 atom stereocenters. The second-order valence-corrected chi connectivity index (χ2v) is 7.09. The number of piperazine rings is 1. The molecule has 3 aromatic heterocycles. The number of aromatic nitrogens is 4. The van der Waals surface area contributed by atoms with Crippen molar-refractivity contribution in [1.29, 1.82) is 0 Å². The number of alkyl halides is 3. The summed E-state index contributed by atoms with van der Waals surface area (Å²) in [5, 5.41) is 8.30. The van der Waals surface area contributed by atoms with Crippen molar-refractivity contribution in [3.8, 4) is 0 Å². The highest BCUT2D eigenvalue weighted by Gasteiger charge is 2.38. The SMILES string of the molecule is CCc1c[nH]c2ncnc(N3CCN(c4ccncc4)C(C)C3)c12.O=C(O)C(F)(F)F. The topological polar surface area (TPSA) is 98.2 Å². The fourth-order valence-electron chi connectivity index (χ4n) is 3.60. The molecule has 8 nitrogen and oxygen atoms in total. The average molecular weight is 436 g/mol. The molecular weight excluding hydrogens is 413 g/mol. The Hall–Kier alpha value is -3.37. The lowest BCUT2D eigenvalue weighted by Crippen LogP contribution is -2.52. The number of nitrogens with zero attached hydrogens (tertiary/aromatic N) is 5. The largest absolute Gasteiger partial charge is 0.490 e. The quantitative estimate of drug-likeness (QED) is 0.650. The van der Waals surface area contributed by atoms with Gasteiger partial charge in [0.25, 0.3) is 0 Å². The van der Waals surface area contributed by atoms with E-state index in [4.69, 9.17) is 9.90 Å². The van der Waals surface area contributed by atoms with E-state index in [0.717, 1.165) is 37.5 Å². The zero-order chi connectivity index (χ0) is 22.6. The molecule has 4 heterocycles. The number of aliphatic carboxylic acids is 1. The molecule has 2 N–H and O–H groups in total. The molecule has 4 rings (SSSR count). The van der Waals surface area contributed by atoms with Crippen molar-refractivity contribution < 1.29 is 23.1 Å². The zero-order valence-electron chi connectivity index (χ0n) is 17.1. The van der Waals surface area contributed by atoms with Crippen LogP contribution in [0, 0.1) is 0 Å². The summed E-state index contributed by atoms with van der Waals surface area (Å²) in [4.78, 5) is 30.1. The van der Waals surface area contributed by atoms with Crippen LogP contribution in [-0.2, 0) is 11.2 Å². The molecule has 0 radical (unpaired) electrons. The lowest BCUT2D eigenvalue weighted by Gasteiger charge is -2.41. The molecule has 0 saturated carbocycles. The van der Waals surface area contributed by atoms with Gasteiger partial charge in [-0.1, -0.05) is 6.92 Å². The minimum absolute atomic E-state index is 0.412. The molecule has 0 aliphatic carbocycles. The van der Waals surface area contributed by atoms with Crippen molar-refractivity contribution in [3.05, 3.63) is 42.6 Å². The van der Waals surface area contributed by atoms with Gasteiger partial charge in [-0.2, -0.15) is 13.2 Å². The Labute approximate surface area is 176 Å². The van der Waals surface area contributed by atoms with Crippen molar-refractivity contribution >= 4 is 28.5 Å². The van der Waals surface area contributed by atoms with Gasteiger partial charge in [0.2, 0.25) is 0 Å². The zero-order valence-corrected chi connectivity index (χ0v) is 17.1. The smallest absolute Gasteiger partial charge is 0.475 e. The van der Waals surface area contributed by atoms with Crippen molar-refractivity contribution in [2.24, 2.45) is 0 Å². The van der Waals surface area contributed by atoms with Gasteiger partial charge in [0.05, 0.1) is 5.39 Å². The summed E-state index contributed by atoms with van der Waals surface area (Å²) in [7, 11) is 0. The summed E-state index contributed by atoms with van der Waals surface area (Å²) in [6.45, 7) is 7.31. The van der Waals surface area contributed by atoms with Crippen LogP contribution in [0.4, 0.5) is 24.7 Å². The fraction of sp³-hybridized carbons (Fsp3) is 0.400. The van der Waals surface area contributed by atoms with Gasteiger partial charge in [0.1, 0.15) is 17.8 Å². The number of aromatic amines is 1. The number of halogens is 3. The highest BCUT2D eigenvalue weighted by molar-refractivity contribution is 5.91. The van der Waals surface area contributed by atoms with Crippen LogP contribution < -0.4 is 9.80 Å². The summed E-state index contributed by atoms with van der Waals surface area (Å²) in [6.07, 6.45) is 3.32. The number of rotatable bonds is 3. The first-order valence-corrected chi connectivity index (χ1v) is 9.75. The standard InChI is InChI=1S/C18H22N6.C2HF3O2/c1-3-14-10-20-17-16(14)18(22-12-21-17)23-8-9-24(13(2)11-23)15-4-6-19-7-5-15;3-2(4,5)1(6)7/h4-7,10,12-13H,3,8-9,11H2,1-2H3,(H,20,21,22);(H,6,7). The molecule has 1 aliphatic heterocycles. The van der Waals surface area contributed by atoms with E-state index in [2.05, 4.69) is 61.9 Å². The van der Waals surface area contributed by atoms with Crippen LogP contribution in [0.2, 0.25) is 0 Å². The lowest BCUT2D eigenvalue weighted by molar-refractivity contribution is -0.192. The molecule has 0 amide bonds. The Balaban J connectivity index is 0.000000339. The average Bonchev–Trinajstić information content (AvgIpc) is 3.17. The molecule has 0 spiro atoms. The lowest BCUT2D eigenvalue weighted by atomic mass is 10.1. The van der Waals surface area contributed by atoms with Gasteiger partial charge in [-0.3, -0.25) is 4.98 Å². The number of H-pyrrole nitrogens is 1. The van der Waals surface area contributed by atoms with Gasteiger partial charge < -0.3 is 19.9 Å². The van der Waals surface area contributed by atoms with E-state index in [1.54, 1.807) is 6.33 Å². The van der Waals surface area contributed by atoms with E-state index in [9.17, 15) is 13.2 Å². The van der Waals surface area contributed by atoms with Gasteiger partial charge >= 0.3 is 12.1 Å². The molecule has 1 unspecified atom stereocenters. The third kappa shape index (κ3) is 5.04. The van der Waals surface area contributed by atoms with Gasteiger partial charge in [-0.25, -0.2) is 14.8 Å². The molecule has 1 aliphatic rings. The van der Waals surface area contributed by atoms with Crippen molar-refractivity contribution in [2.75, 3.05) is 29.4 Å². The number of hydrogen-bond acceptors (Lipinski definition) is 6. The number of aryl methyl sites for hydroxylation is 1. The Bertz CT molecular complexity index is 1020. The molecule has 0 bridgehead atoms. The summed E-state index contributed by atoms with van der Waals surface area (Å²) in [5.41, 5.74) is 3.45. The van der Waals surface area contributed by atoms with E-state index >= 15 is 0 Å². The summed E-state index contributed by atoms with van der Waals surface area (Å²) >= 11 is 0. The molecule has 0 aromatic carbocycles. The molecule has 1 saturated heterocycles. The van der Waals surface area contributed by atoms with Gasteiger partial charge in [0.15, 0.2) is 0 Å². The Morgan fingerprint density at radius 3 is 2.52 bits per heavy atom. The minimum Gasteiger partial charge on any atom is -0.475 e. The van der Waals surface area contributed by atoms with E-state index in [0.29, 0.717) is 6.04 Å². The van der Waals surface area contributed by atoms with E-state index in [-0.39, 0.29) is 0 Å². The highest BCUT2D eigenvalue weighted by Crippen LogP contribution is 2.29. The predicted octanol–water partition coefficient (Wildman–Crippen LogP) is 3.26. The van der Waals surface area contributed by atoms with Crippen LogP contribution in [0.5, 0.6) is 0 Å². The maximum Gasteiger partial charge on any atom is 0.490 e. The van der Waals surface area contributed by atoms with Crippen LogP contribution >= 0.6 is 0 Å². The summed E-state index contributed by atoms with van der Waals surface area (Å²) in [6, 6.07) is 4.57. The highest BCUT2D eigenvalue weighted by atomic mass is 19.4. The first-order valence-electron chi connectivity index (χ1n) is 9.75.